The second-order valence-corrected chi connectivity index (χ2v) is 7.30. The number of ether oxygens (including phenoxy) is 1. The first-order chi connectivity index (χ1) is 12.5. The summed E-state index contributed by atoms with van der Waals surface area (Å²) in [4.78, 5) is 16.8. The number of carbonyl (C=O) groups is 1. The van der Waals surface area contributed by atoms with Crippen molar-refractivity contribution in [2.75, 3.05) is 12.4 Å². The Bertz CT molecular complexity index is 1030. The zero-order valence-corrected chi connectivity index (χ0v) is 14.7. The van der Waals surface area contributed by atoms with Crippen molar-refractivity contribution in [2.45, 2.75) is 9.79 Å². The number of aromatic nitrogens is 1. The molecule has 2 aromatic carbocycles. The largest absolute Gasteiger partial charge is 0.493 e. The molecule has 0 aliphatic heterocycles. The molecule has 132 valence electrons. The second kappa shape index (κ2) is 7.37. The lowest BCUT2D eigenvalue weighted by Gasteiger charge is -2.10. The summed E-state index contributed by atoms with van der Waals surface area (Å²) in [5, 5.41) is 2.63. The zero-order chi connectivity index (χ0) is 18.6. The molecule has 0 atom stereocenters. The fourth-order valence-electron chi connectivity index (χ4n) is 2.37. The molecule has 0 aliphatic rings. The average molecular weight is 368 g/mol. The molecule has 1 N–H and O–H groups in total. The fourth-order valence-corrected chi connectivity index (χ4v) is 3.70. The van der Waals surface area contributed by atoms with Gasteiger partial charge in [-0.25, -0.2) is 13.4 Å². The average Bonchev–Trinajstić information content (AvgIpc) is 2.69. The summed E-state index contributed by atoms with van der Waals surface area (Å²) in [7, 11) is -2.23. The van der Waals surface area contributed by atoms with E-state index >= 15 is 0 Å². The minimum absolute atomic E-state index is 0.0457. The number of rotatable bonds is 5. The van der Waals surface area contributed by atoms with Crippen LogP contribution in [0.2, 0.25) is 0 Å². The molecule has 0 saturated heterocycles. The van der Waals surface area contributed by atoms with Gasteiger partial charge in [0.1, 0.15) is 0 Å². The van der Waals surface area contributed by atoms with E-state index < -0.39 is 15.7 Å². The minimum Gasteiger partial charge on any atom is -0.493 e. The van der Waals surface area contributed by atoms with E-state index in [-0.39, 0.29) is 21.2 Å². The van der Waals surface area contributed by atoms with Crippen LogP contribution in [0.25, 0.3) is 0 Å². The Morgan fingerprint density at radius 1 is 0.962 bits per heavy atom. The first-order valence-electron chi connectivity index (χ1n) is 7.73. The van der Waals surface area contributed by atoms with Crippen molar-refractivity contribution in [1.29, 1.82) is 0 Å². The van der Waals surface area contributed by atoms with Crippen LogP contribution in [-0.4, -0.2) is 26.4 Å². The first kappa shape index (κ1) is 17.6. The van der Waals surface area contributed by atoms with Crippen LogP contribution in [0, 0.1) is 0 Å². The molecule has 0 saturated carbocycles. The van der Waals surface area contributed by atoms with E-state index in [1.807, 2.05) is 0 Å². The van der Waals surface area contributed by atoms with Crippen LogP contribution in [0.1, 0.15) is 10.4 Å². The molecule has 7 heteroatoms. The number of hydrogen-bond donors (Lipinski definition) is 1. The van der Waals surface area contributed by atoms with E-state index in [4.69, 9.17) is 4.74 Å². The SMILES string of the molecule is COc1cccnc1NC(=O)c1cccc(S(=O)(=O)c2ccccc2)c1. The molecule has 0 fully saturated rings. The highest BCUT2D eigenvalue weighted by Gasteiger charge is 2.19. The van der Waals surface area contributed by atoms with Crippen molar-refractivity contribution in [3.63, 3.8) is 0 Å². The van der Waals surface area contributed by atoms with Crippen LogP contribution in [-0.2, 0) is 9.84 Å². The summed E-state index contributed by atoms with van der Waals surface area (Å²) < 4.78 is 30.6. The number of methoxy groups -OCH3 is 1. The summed E-state index contributed by atoms with van der Waals surface area (Å²) in [5.74, 6) is 0.192. The normalized spacial score (nSPS) is 11.0. The lowest BCUT2D eigenvalue weighted by Crippen LogP contribution is -2.14. The Kier molecular flexibility index (Phi) is 4.99. The van der Waals surface area contributed by atoms with Crippen molar-refractivity contribution < 1.29 is 17.9 Å². The van der Waals surface area contributed by atoms with Gasteiger partial charge in [-0.15, -0.1) is 0 Å². The van der Waals surface area contributed by atoms with Crippen molar-refractivity contribution >= 4 is 21.6 Å². The number of nitrogens with one attached hydrogen (secondary N) is 1. The van der Waals surface area contributed by atoms with E-state index in [1.165, 1.54) is 49.7 Å². The number of anilines is 1. The molecule has 0 aliphatic carbocycles. The topological polar surface area (TPSA) is 85.4 Å². The van der Waals surface area contributed by atoms with Crippen LogP contribution in [0.3, 0.4) is 0 Å². The molecule has 0 spiro atoms. The van der Waals surface area contributed by atoms with E-state index in [0.29, 0.717) is 5.75 Å². The smallest absolute Gasteiger partial charge is 0.256 e. The predicted octanol–water partition coefficient (Wildman–Crippen LogP) is 3.18. The van der Waals surface area contributed by atoms with Crippen LogP contribution >= 0.6 is 0 Å². The molecule has 3 rings (SSSR count). The quantitative estimate of drug-likeness (QED) is 0.748. The number of nitrogens with zero attached hydrogens (tertiary/aromatic N) is 1. The van der Waals surface area contributed by atoms with Crippen LogP contribution in [0.15, 0.2) is 82.7 Å². The van der Waals surface area contributed by atoms with Crippen LogP contribution < -0.4 is 10.1 Å². The highest BCUT2D eigenvalue weighted by atomic mass is 32.2. The van der Waals surface area contributed by atoms with Crippen molar-refractivity contribution in [2.24, 2.45) is 0 Å². The molecular weight excluding hydrogens is 352 g/mol. The highest BCUT2D eigenvalue weighted by molar-refractivity contribution is 7.91. The summed E-state index contributed by atoms with van der Waals surface area (Å²) in [5.41, 5.74) is 0.203. The van der Waals surface area contributed by atoms with Gasteiger partial charge < -0.3 is 10.1 Å². The molecule has 0 unspecified atom stereocenters. The monoisotopic (exact) mass is 368 g/mol. The summed E-state index contributed by atoms with van der Waals surface area (Å²) in [6.45, 7) is 0. The number of sulfone groups is 1. The third-order valence-electron chi connectivity index (χ3n) is 3.68. The Labute approximate surface area is 151 Å². The Hall–Kier alpha value is -3.19. The van der Waals surface area contributed by atoms with Gasteiger partial charge in [0, 0.05) is 11.8 Å². The van der Waals surface area contributed by atoms with Crippen molar-refractivity contribution in [1.82, 2.24) is 4.98 Å². The lowest BCUT2D eigenvalue weighted by molar-refractivity contribution is 0.102. The van der Waals surface area contributed by atoms with Gasteiger partial charge in [0.05, 0.1) is 16.9 Å². The second-order valence-electron chi connectivity index (χ2n) is 5.35. The Morgan fingerprint density at radius 2 is 1.69 bits per heavy atom. The molecule has 26 heavy (non-hydrogen) atoms. The third kappa shape index (κ3) is 3.57. The predicted molar refractivity (Wildman–Crippen MR) is 97.1 cm³/mol. The minimum atomic E-state index is -3.70. The van der Waals surface area contributed by atoms with Gasteiger partial charge >= 0.3 is 0 Å². The van der Waals surface area contributed by atoms with Gasteiger partial charge in [-0.05, 0) is 42.5 Å². The first-order valence-corrected chi connectivity index (χ1v) is 9.21. The molecule has 1 heterocycles. The Morgan fingerprint density at radius 3 is 2.42 bits per heavy atom. The Balaban J connectivity index is 1.91. The maximum atomic E-state index is 12.7. The number of hydrogen-bond acceptors (Lipinski definition) is 5. The summed E-state index contributed by atoms with van der Waals surface area (Å²) in [6, 6.07) is 17.3. The summed E-state index contributed by atoms with van der Waals surface area (Å²) in [6.07, 6.45) is 1.52. The van der Waals surface area contributed by atoms with E-state index in [1.54, 1.807) is 30.3 Å². The molecule has 0 bridgehead atoms. The lowest BCUT2D eigenvalue weighted by atomic mass is 10.2. The van der Waals surface area contributed by atoms with Crippen LogP contribution in [0.5, 0.6) is 5.75 Å². The van der Waals surface area contributed by atoms with Gasteiger partial charge in [-0.1, -0.05) is 24.3 Å². The highest BCUT2D eigenvalue weighted by Crippen LogP contribution is 2.23. The number of pyridine rings is 1. The number of carbonyl (C=O) groups excluding carboxylic acids is 1. The fraction of sp³-hybridized carbons (Fsp3) is 0.0526. The van der Waals surface area contributed by atoms with Crippen molar-refractivity contribution in [3.05, 3.63) is 78.5 Å². The maximum Gasteiger partial charge on any atom is 0.256 e. The molecular formula is C19H16N2O4S. The van der Waals surface area contributed by atoms with Crippen LogP contribution in [0.4, 0.5) is 5.82 Å². The van der Waals surface area contributed by atoms with E-state index in [2.05, 4.69) is 10.3 Å². The number of amides is 1. The third-order valence-corrected chi connectivity index (χ3v) is 5.45. The van der Waals surface area contributed by atoms with Crippen molar-refractivity contribution in [3.8, 4) is 5.75 Å². The van der Waals surface area contributed by atoms with Gasteiger partial charge in [-0.2, -0.15) is 0 Å². The van der Waals surface area contributed by atoms with E-state index in [0.717, 1.165) is 0 Å². The molecule has 1 aromatic heterocycles. The molecule has 6 nitrogen and oxygen atoms in total. The van der Waals surface area contributed by atoms with E-state index in [9.17, 15) is 13.2 Å². The molecule has 0 radical (unpaired) electrons. The van der Waals surface area contributed by atoms with Gasteiger partial charge in [0.2, 0.25) is 9.84 Å². The zero-order valence-electron chi connectivity index (χ0n) is 13.9. The number of benzene rings is 2. The summed E-state index contributed by atoms with van der Waals surface area (Å²) >= 11 is 0. The molecule has 1 amide bonds. The van der Waals surface area contributed by atoms with Gasteiger partial charge in [-0.3, -0.25) is 4.79 Å². The van der Waals surface area contributed by atoms with Gasteiger partial charge in [0.15, 0.2) is 11.6 Å². The molecule has 3 aromatic rings. The maximum absolute atomic E-state index is 12.7. The van der Waals surface area contributed by atoms with Gasteiger partial charge in [0.25, 0.3) is 5.91 Å². The standard InChI is InChI=1S/C19H16N2O4S/c1-25-17-11-6-12-20-18(17)21-19(22)14-7-5-10-16(13-14)26(23,24)15-8-3-2-4-9-15/h2-13H,1H3,(H,20,21,22).